The van der Waals surface area contributed by atoms with Crippen LogP contribution in [0.25, 0.3) is 10.3 Å². The highest BCUT2D eigenvalue weighted by Crippen LogP contribution is 2.32. The minimum atomic E-state index is -0.310. The summed E-state index contributed by atoms with van der Waals surface area (Å²) in [5.41, 5.74) is 1.12. The van der Waals surface area contributed by atoms with Crippen molar-refractivity contribution in [1.29, 1.82) is 0 Å². The van der Waals surface area contributed by atoms with Crippen molar-refractivity contribution >= 4 is 32.7 Å². The SMILES string of the molecule is CC(C)N(C)CCOc1nc2sc(N3CCC[C@@H]3C(=O)NCc3ccccc3)nc2c(=O)n1C. The predicted octanol–water partition coefficient (Wildman–Crippen LogP) is 2.39. The number of rotatable bonds is 9. The standard InChI is InChI=1S/C24H32N6O3S/c1-16(2)28(3)13-14-33-23-27-21-19(22(32)29(23)4)26-24(34-21)30-12-8-11-18(30)20(31)25-15-17-9-6-5-7-10-17/h5-7,9-10,16,18H,8,11-15H2,1-4H3,(H,25,31)/t18-/m1/s1. The Hall–Kier alpha value is -2.98. The zero-order valence-corrected chi connectivity index (χ0v) is 21.0. The van der Waals surface area contributed by atoms with Gasteiger partial charge in [-0.15, -0.1) is 0 Å². The number of fused-ring (bicyclic) bond motifs is 1. The average molecular weight is 485 g/mol. The Morgan fingerprint density at radius 1 is 1.29 bits per heavy atom. The molecule has 4 rings (SSSR count). The number of nitrogens with zero attached hydrogens (tertiary/aromatic N) is 5. The van der Waals surface area contributed by atoms with E-state index in [2.05, 4.69) is 34.0 Å². The van der Waals surface area contributed by atoms with Crippen LogP contribution < -0.4 is 20.5 Å². The third kappa shape index (κ3) is 5.23. The number of ether oxygens (including phenoxy) is 1. The Morgan fingerprint density at radius 3 is 2.79 bits per heavy atom. The fourth-order valence-electron chi connectivity index (χ4n) is 3.89. The van der Waals surface area contributed by atoms with Crippen molar-refractivity contribution in [1.82, 2.24) is 24.8 Å². The van der Waals surface area contributed by atoms with E-state index < -0.39 is 0 Å². The van der Waals surface area contributed by atoms with Gasteiger partial charge in [-0.25, -0.2) is 4.98 Å². The maximum absolute atomic E-state index is 12.9. The van der Waals surface area contributed by atoms with Crippen molar-refractivity contribution < 1.29 is 9.53 Å². The molecular formula is C24H32N6O3S. The molecule has 1 atom stereocenters. The van der Waals surface area contributed by atoms with E-state index in [-0.39, 0.29) is 23.5 Å². The van der Waals surface area contributed by atoms with Gasteiger partial charge in [-0.3, -0.25) is 14.2 Å². The molecule has 34 heavy (non-hydrogen) atoms. The van der Waals surface area contributed by atoms with E-state index in [1.807, 2.05) is 42.3 Å². The second-order valence-corrected chi connectivity index (χ2v) is 9.84. The molecule has 3 aromatic rings. The van der Waals surface area contributed by atoms with Gasteiger partial charge in [-0.05, 0) is 39.3 Å². The highest BCUT2D eigenvalue weighted by molar-refractivity contribution is 7.21. The lowest BCUT2D eigenvalue weighted by Gasteiger charge is -2.23. The molecule has 1 amide bonds. The fraction of sp³-hybridized carbons (Fsp3) is 0.500. The molecule has 0 aliphatic carbocycles. The quantitative estimate of drug-likeness (QED) is 0.499. The van der Waals surface area contributed by atoms with Crippen molar-refractivity contribution in [2.75, 3.05) is 31.6 Å². The van der Waals surface area contributed by atoms with E-state index >= 15 is 0 Å². The average Bonchev–Trinajstić information content (AvgIpc) is 3.48. The predicted molar refractivity (Wildman–Crippen MR) is 135 cm³/mol. The van der Waals surface area contributed by atoms with Crippen LogP contribution in [-0.2, 0) is 18.4 Å². The summed E-state index contributed by atoms with van der Waals surface area (Å²) in [4.78, 5) is 39.7. The summed E-state index contributed by atoms with van der Waals surface area (Å²) in [6.07, 6.45) is 1.64. The third-order valence-corrected chi connectivity index (χ3v) is 7.24. The molecule has 3 heterocycles. The molecule has 1 saturated heterocycles. The molecule has 1 aliphatic heterocycles. The van der Waals surface area contributed by atoms with Gasteiger partial charge < -0.3 is 19.9 Å². The van der Waals surface area contributed by atoms with E-state index in [1.165, 1.54) is 15.9 Å². The van der Waals surface area contributed by atoms with E-state index in [4.69, 9.17) is 4.74 Å². The molecule has 0 spiro atoms. The van der Waals surface area contributed by atoms with Crippen molar-refractivity contribution in [3.05, 3.63) is 46.2 Å². The Labute approximate surface area is 203 Å². The number of nitrogens with one attached hydrogen (secondary N) is 1. The molecule has 1 aromatic carbocycles. The van der Waals surface area contributed by atoms with Gasteiger partial charge in [0.1, 0.15) is 12.6 Å². The number of carbonyl (C=O) groups excluding carboxylic acids is 1. The number of thiazole rings is 1. The number of likely N-dealkylation sites (N-methyl/N-ethyl adjacent to an activating group) is 1. The molecule has 9 nitrogen and oxygen atoms in total. The summed E-state index contributed by atoms with van der Waals surface area (Å²) in [6, 6.07) is 10.2. The van der Waals surface area contributed by atoms with E-state index in [0.29, 0.717) is 41.2 Å². The van der Waals surface area contributed by atoms with Crippen LogP contribution in [0.1, 0.15) is 32.3 Å². The van der Waals surface area contributed by atoms with Gasteiger partial charge in [0.05, 0.1) is 0 Å². The van der Waals surface area contributed by atoms with Crippen molar-refractivity contribution in [2.24, 2.45) is 7.05 Å². The van der Waals surface area contributed by atoms with E-state index in [9.17, 15) is 9.59 Å². The number of amides is 1. The Kier molecular flexibility index (Phi) is 7.47. The van der Waals surface area contributed by atoms with Crippen LogP contribution in [0.15, 0.2) is 35.1 Å². The number of anilines is 1. The van der Waals surface area contributed by atoms with E-state index in [1.54, 1.807) is 7.05 Å². The first-order valence-corrected chi connectivity index (χ1v) is 12.5. The van der Waals surface area contributed by atoms with Crippen molar-refractivity contribution in [3.8, 4) is 6.01 Å². The molecular weight excluding hydrogens is 452 g/mol. The van der Waals surface area contributed by atoms with Crippen LogP contribution in [0.2, 0.25) is 0 Å². The van der Waals surface area contributed by atoms with Gasteiger partial charge in [-0.2, -0.15) is 4.98 Å². The molecule has 0 radical (unpaired) electrons. The summed E-state index contributed by atoms with van der Waals surface area (Å²) in [7, 11) is 3.67. The van der Waals surface area contributed by atoms with Gasteiger partial charge >= 0.3 is 0 Å². The van der Waals surface area contributed by atoms with Gasteiger partial charge in [-0.1, -0.05) is 41.7 Å². The maximum Gasteiger partial charge on any atom is 0.300 e. The van der Waals surface area contributed by atoms with Crippen LogP contribution in [0.3, 0.4) is 0 Å². The molecule has 0 saturated carbocycles. The second-order valence-electron chi connectivity index (χ2n) is 8.89. The molecule has 2 aromatic heterocycles. The van der Waals surface area contributed by atoms with Crippen LogP contribution in [0.5, 0.6) is 6.01 Å². The molecule has 1 N–H and O–H groups in total. The largest absolute Gasteiger partial charge is 0.463 e. The number of carbonyl (C=O) groups is 1. The zero-order valence-electron chi connectivity index (χ0n) is 20.2. The van der Waals surface area contributed by atoms with Crippen molar-refractivity contribution in [2.45, 2.75) is 45.3 Å². The lowest BCUT2D eigenvalue weighted by Crippen LogP contribution is -2.43. The normalized spacial score (nSPS) is 16.1. The Morgan fingerprint density at radius 2 is 2.06 bits per heavy atom. The third-order valence-electron chi connectivity index (χ3n) is 6.26. The summed E-state index contributed by atoms with van der Waals surface area (Å²) in [5.74, 6) is -0.0280. The van der Waals surface area contributed by atoms with Gasteiger partial charge in [0, 0.05) is 32.7 Å². The minimum absolute atomic E-state index is 0.0280. The second kappa shape index (κ2) is 10.5. The summed E-state index contributed by atoms with van der Waals surface area (Å²) >= 11 is 1.33. The van der Waals surface area contributed by atoms with Crippen LogP contribution in [0, 0.1) is 0 Å². The smallest absolute Gasteiger partial charge is 0.300 e. The zero-order chi connectivity index (χ0) is 24.2. The summed E-state index contributed by atoms with van der Waals surface area (Å²) in [6.45, 7) is 6.60. The molecule has 182 valence electrons. The van der Waals surface area contributed by atoms with Gasteiger partial charge in [0.25, 0.3) is 11.6 Å². The maximum atomic E-state index is 12.9. The van der Waals surface area contributed by atoms with Gasteiger partial charge in [0.2, 0.25) is 5.91 Å². The Bertz CT molecular complexity index is 1190. The summed E-state index contributed by atoms with van der Waals surface area (Å²) < 4.78 is 7.22. The van der Waals surface area contributed by atoms with Crippen LogP contribution in [-0.4, -0.2) is 64.2 Å². The number of benzene rings is 1. The Balaban J connectivity index is 1.49. The van der Waals surface area contributed by atoms with Crippen LogP contribution in [0.4, 0.5) is 5.13 Å². The van der Waals surface area contributed by atoms with Crippen molar-refractivity contribution in [3.63, 3.8) is 0 Å². The molecule has 10 heteroatoms. The van der Waals surface area contributed by atoms with E-state index in [0.717, 1.165) is 24.9 Å². The fourth-order valence-corrected chi connectivity index (χ4v) is 4.88. The molecule has 0 unspecified atom stereocenters. The lowest BCUT2D eigenvalue weighted by molar-refractivity contribution is -0.122. The molecule has 1 aliphatic rings. The highest BCUT2D eigenvalue weighted by atomic mass is 32.1. The lowest BCUT2D eigenvalue weighted by atomic mass is 10.2. The minimum Gasteiger partial charge on any atom is -0.463 e. The first-order chi connectivity index (χ1) is 16.3. The number of aromatic nitrogens is 3. The first kappa shape index (κ1) is 24.2. The highest BCUT2D eigenvalue weighted by Gasteiger charge is 2.33. The first-order valence-electron chi connectivity index (χ1n) is 11.6. The number of hydrogen-bond acceptors (Lipinski definition) is 8. The van der Waals surface area contributed by atoms with Crippen LogP contribution >= 0.6 is 11.3 Å². The summed E-state index contributed by atoms with van der Waals surface area (Å²) in [5, 5.41) is 3.68. The monoisotopic (exact) mass is 484 g/mol. The topological polar surface area (TPSA) is 92.6 Å². The molecule has 1 fully saturated rings. The van der Waals surface area contributed by atoms with Gasteiger partial charge in [0.15, 0.2) is 15.5 Å². The number of hydrogen-bond donors (Lipinski definition) is 1. The molecule has 0 bridgehead atoms.